The van der Waals surface area contributed by atoms with E-state index in [-0.39, 0.29) is 17.3 Å². The Morgan fingerprint density at radius 2 is 1.97 bits per heavy atom. The van der Waals surface area contributed by atoms with Crippen LogP contribution in [0.1, 0.15) is 34.8 Å². The number of hydrogen-bond acceptors (Lipinski definition) is 5. The SMILES string of the molecule is O=C(NCC(c1cccc(Cl)c1)N1CCCC1)c1cc(=O)[nH]c2ccc([N+](=O)[O-])cc12. The third kappa shape index (κ3) is 4.60. The van der Waals surface area contributed by atoms with Crippen molar-refractivity contribution < 1.29 is 9.72 Å². The van der Waals surface area contributed by atoms with E-state index in [0.717, 1.165) is 31.5 Å². The molecule has 2 heterocycles. The van der Waals surface area contributed by atoms with Crippen molar-refractivity contribution in [3.8, 4) is 0 Å². The number of fused-ring (bicyclic) bond motifs is 1. The van der Waals surface area contributed by atoms with Crippen LogP contribution in [0.25, 0.3) is 10.9 Å². The summed E-state index contributed by atoms with van der Waals surface area (Å²) in [4.78, 5) is 40.6. The summed E-state index contributed by atoms with van der Waals surface area (Å²) in [6.45, 7) is 2.17. The lowest BCUT2D eigenvalue weighted by atomic mass is 10.0. The number of aromatic nitrogens is 1. The number of hydrogen-bond donors (Lipinski definition) is 2. The number of nitrogens with one attached hydrogen (secondary N) is 2. The lowest BCUT2D eigenvalue weighted by molar-refractivity contribution is -0.384. The predicted octanol–water partition coefficient (Wildman–Crippen LogP) is 3.66. The topological polar surface area (TPSA) is 108 Å². The molecule has 1 amide bonds. The van der Waals surface area contributed by atoms with Crippen LogP contribution < -0.4 is 10.9 Å². The number of nitrogens with zero attached hydrogens (tertiary/aromatic N) is 2. The number of nitro benzene ring substituents is 1. The third-order valence-electron chi connectivity index (χ3n) is 5.55. The number of benzene rings is 2. The van der Waals surface area contributed by atoms with Crippen LogP contribution in [-0.4, -0.2) is 40.3 Å². The van der Waals surface area contributed by atoms with Gasteiger partial charge < -0.3 is 10.3 Å². The molecule has 0 radical (unpaired) electrons. The van der Waals surface area contributed by atoms with E-state index in [9.17, 15) is 19.7 Å². The number of carbonyl (C=O) groups excluding carboxylic acids is 1. The van der Waals surface area contributed by atoms with Gasteiger partial charge in [0, 0.05) is 40.7 Å². The van der Waals surface area contributed by atoms with Gasteiger partial charge in [0.05, 0.1) is 16.5 Å². The number of aromatic amines is 1. The molecule has 3 aromatic rings. The Balaban J connectivity index is 1.63. The second-order valence-corrected chi connectivity index (χ2v) is 7.99. The minimum Gasteiger partial charge on any atom is -0.350 e. The zero-order valence-corrected chi connectivity index (χ0v) is 17.4. The fourth-order valence-corrected chi connectivity index (χ4v) is 4.25. The van der Waals surface area contributed by atoms with E-state index >= 15 is 0 Å². The number of carbonyl (C=O) groups is 1. The molecule has 1 aromatic heterocycles. The molecule has 9 heteroatoms. The summed E-state index contributed by atoms with van der Waals surface area (Å²) in [6.07, 6.45) is 2.18. The van der Waals surface area contributed by atoms with Gasteiger partial charge >= 0.3 is 0 Å². The molecule has 0 bridgehead atoms. The summed E-state index contributed by atoms with van der Waals surface area (Å²) in [5.74, 6) is -0.456. The van der Waals surface area contributed by atoms with Crippen molar-refractivity contribution in [2.24, 2.45) is 0 Å². The molecule has 8 nitrogen and oxygen atoms in total. The predicted molar refractivity (Wildman–Crippen MR) is 119 cm³/mol. The van der Waals surface area contributed by atoms with Crippen LogP contribution in [0.5, 0.6) is 0 Å². The highest BCUT2D eigenvalue weighted by Crippen LogP contribution is 2.27. The van der Waals surface area contributed by atoms with E-state index in [1.807, 2.05) is 18.2 Å². The average molecular weight is 441 g/mol. The number of halogens is 1. The summed E-state index contributed by atoms with van der Waals surface area (Å²) in [5.41, 5.74) is 0.879. The normalized spacial score (nSPS) is 15.1. The van der Waals surface area contributed by atoms with E-state index in [1.54, 1.807) is 6.07 Å². The van der Waals surface area contributed by atoms with Crippen molar-refractivity contribution in [1.82, 2.24) is 15.2 Å². The second-order valence-electron chi connectivity index (χ2n) is 7.56. The summed E-state index contributed by atoms with van der Waals surface area (Å²) in [6, 6.07) is 12.7. The molecular formula is C22H21ClN4O4. The van der Waals surface area contributed by atoms with Crippen LogP contribution in [0.3, 0.4) is 0 Å². The molecule has 160 valence electrons. The molecule has 1 aliphatic heterocycles. The largest absolute Gasteiger partial charge is 0.350 e. The average Bonchev–Trinajstić information content (AvgIpc) is 3.27. The Morgan fingerprint density at radius 3 is 2.68 bits per heavy atom. The van der Waals surface area contributed by atoms with Gasteiger partial charge in [-0.25, -0.2) is 0 Å². The maximum absolute atomic E-state index is 13.0. The number of non-ortho nitro benzene ring substituents is 1. The smallest absolute Gasteiger partial charge is 0.270 e. The van der Waals surface area contributed by atoms with Crippen LogP contribution in [0.2, 0.25) is 5.02 Å². The van der Waals surface area contributed by atoms with E-state index in [4.69, 9.17) is 11.6 Å². The monoisotopic (exact) mass is 440 g/mol. The Bertz CT molecular complexity index is 1200. The third-order valence-corrected chi connectivity index (χ3v) is 5.79. The van der Waals surface area contributed by atoms with Crippen molar-refractivity contribution >= 4 is 34.1 Å². The Morgan fingerprint density at radius 1 is 1.19 bits per heavy atom. The standard InChI is InChI=1S/C22H21ClN4O4/c23-15-5-3-4-14(10-15)20(26-8-1-2-9-26)13-24-22(29)18-12-21(28)25-19-7-6-16(27(30)31)11-17(18)19/h3-7,10-12,20H,1-2,8-9,13H2,(H,24,29)(H,25,28). The highest BCUT2D eigenvalue weighted by Gasteiger charge is 2.25. The molecule has 1 aliphatic rings. The van der Waals surface area contributed by atoms with Crippen LogP contribution in [-0.2, 0) is 0 Å². The van der Waals surface area contributed by atoms with Crippen LogP contribution in [0, 0.1) is 10.1 Å². The van der Waals surface area contributed by atoms with Crippen molar-refractivity contribution in [1.29, 1.82) is 0 Å². The summed E-state index contributed by atoms with van der Waals surface area (Å²) >= 11 is 6.18. The molecule has 2 N–H and O–H groups in total. The molecule has 1 saturated heterocycles. The highest BCUT2D eigenvalue weighted by atomic mass is 35.5. The zero-order chi connectivity index (χ0) is 22.0. The molecule has 0 saturated carbocycles. The highest BCUT2D eigenvalue weighted by molar-refractivity contribution is 6.30. The molecule has 2 aromatic carbocycles. The maximum atomic E-state index is 13.0. The van der Waals surface area contributed by atoms with Crippen molar-refractivity contribution in [3.05, 3.63) is 85.1 Å². The van der Waals surface area contributed by atoms with Gasteiger partial charge in [-0.1, -0.05) is 23.7 Å². The van der Waals surface area contributed by atoms with E-state index in [2.05, 4.69) is 15.2 Å². The van der Waals surface area contributed by atoms with Gasteiger partial charge in [0.1, 0.15) is 0 Å². The molecule has 1 unspecified atom stereocenters. The van der Waals surface area contributed by atoms with Gasteiger partial charge in [0.25, 0.3) is 11.6 Å². The van der Waals surface area contributed by atoms with E-state index in [0.29, 0.717) is 22.5 Å². The van der Waals surface area contributed by atoms with Crippen molar-refractivity contribution in [3.63, 3.8) is 0 Å². The lowest BCUT2D eigenvalue weighted by Gasteiger charge is -2.28. The number of pyridine rings is 1. The first kappa shape index (κ1) is 21.0. The fourth-order valence-electron chi connectivity index (χ4n) is 4.05. The zero-order valence-electron chi connectivity index (χ0n) is 16.6. The summed E-state index contributed by atoms with van der Waals surface area (Å²) < 4.78 is 0. The van der Waals surface area contributed by atoms with Gasteiger partial charge in [-0.15, -0.1) is 0 Å². The first-order chi connectivity index (χ1) is 14.9. The number of likely N-dealkylation sites (tertiary alicyclic amines) is 1. The van der Waals surface area contributed by atoms with Gasteiger partial charge in [-0.3, -0.25) is 24.6 Å². The molecule has 4 rings (SSSR count). The minimum absolute atomic E-state index is 0.0623. The summed E-state index contributed by atoms with van der Waals surface area (Å²) in [5, 5.41) is 15.0. The Labute approximate surface area is 183 Å². The Kier molecular flexibility index (Phi) is 6.01. The number of nitro groups is 1. The van der Waals surface area contributed by atoms with Crippen LogP contribution >= 0.6 is 11.6 Å². The Hall–Kier alpha value is -3.23. The van der Waals surface area contributed by atoms with Crippen molar-refractivity contribution in [2.75, 3.05) is 19.6 Å². The van der Waals surface area contributed by atoms with Gasteiger partial charge in [-0.2, -0.15) is 0 Å². The second kappa shape index (κ2) is 8.87. The van der Waals surface area contributed by atoms with Gasteiger partial charge in [0.15, 0.2) is 0 Å². The minimum atomic E-state index is -0.533. The van der Waals surface area contributed by atoms with Crippen molar-refractivity contribution in [2.45, 2.75) is 18.9 Å². The number of rotatable bonds is 6. The molecule has 0 spiro atoms. The maximum Gasteiger partial charge on any atom is 0.270 e. The molecule has 31 heavy (non-hydrogen) atoms. The lowest BCUT2D eigenvalue weighted by Crippen LogP contribution is -2.37. The molecule has 1 atom stereocenters. The molecule has 1 fully saturated rings. The summed E-state index contributed by atoms with van der Waals surface area (Å²) in [7, 11) is 0. The van der Waals surface area contributed by atoms with E-state index in [1.165, 1.54) is 24.3 Å². The first-order valence-corrected chi connectivity index (χ1v) is 10.4. The number of amides is 1. The van der Waals surface area contributed by atoms with Gasteiger partial charge in [-0.05, 0) is 49.7 Å². The van der Waals surface area contributed by atoms with Gasteiger partial charge in [0.2, 0.25) is 5.56 Å². The fraction of sp³-hybridized carbons (Fsp3) is 0.273. The quantitative estimate of drug-likeness (QED) is 0.449. The number of H-pyrrole nitrogens is 1. The van der Waals surface area contributed by atoms with Crippen LogP contribution in [0.4, 0.5) is 5.69 Å². The first-order valence-electron chi connectivity index (χ1n) is 10.0. The van der Waals surface area contributed by atoms with E-state index < -0.39 is 16.4 Å². The molecule has 0 aliphatic carbocycles. The van der Waals surface area contributed by atoms with Crippen LogP contribution in [0.15, 0.2) is 53.3 Å². The molecular weight excluding hydrogens is 420 g/mol.